The number of benzene rings is 1. The van der Waals surface area contributed by atoms with Crippen LogP contribution < -0.4 is 0 Å². The molecule has 0 bridgehead atoms. The molecule has 1 N–H and O–H groups in total. The maximum atomic E-state index is 11.0. The summed E-state index contributed by atoms with van der Waals surface area (Å²) in [5, 5.41) is 9.79. The Morgan fingerprint density at radius 1 is 1.42 bits per heavy atom. The van der Waals surface area contributed by atoms with Crippen LogP contribution in [-0.4, -0.2) is 29.6 Å². The van der Waals surface area contributed by atoms with Crippen LogP contribution in [0.3, 0.4) is 0 Å². The number of aliphatic carboxylic acids is 1. The highest BCUT2D eigenvalue weighted by Crippen LogP contribution is 2.22. The van der Waals surface area contributed by atoms with Gasteiger partial charge < -0.3 is 10.0 Å². The molecule has 4 heteroatoms. The second-order valence-electron chi connectivity index (χ2n) is 5.66. The predicted molar refractivity (Wildman–Crippen MR) is 78.4 cm³/mol. The Balaban J connectivity index is 2.36. The van der Waals surface area contributed by atoms with Gasteiger partial charge in [0.15, 0.2) is 0 Å². The van der Waals surface area contributed by atoms with Crippen LogP contribution in [0.25, 0.3) is 0 Å². The maximum absolute atomic E-state index is 11.0. The number of rotatable bonds is 7. The van der Waals surface area contributed by atoms with Crippen molar-refractivity contribution in [3.05, 3.63) is 34.9 Å². The van der Waals surface area contributed by atoms with Crippen molar-refractivity contribution in [1.82, 2.24) is 4.90 Å². The van der Waals surface area contributed by atoms with E-state index in [9.17, 15) is 4.79 Å². The summed E-state index contributed by atoms with van der Waals surface area (Å²) in [5.74, 6) is -0.731. The summed E-state index contributed by atoms with van der Waals surface area (Å²) < 4.78 is 0. The number of halogens is 1. The van der Waals surface area contributed by atoms with E-state index in [0.29, 0.717) is 6.42 Å². The molecule has 0 aliphatic carbocycles. The average Bonchev–Trinajstić information content (AvgIpc) is 2.28. The van der Waals surface area contributed by atoms with Crippen molar-refractivity contribution in [2.24, 2.45) is 5.41 Å². The molecule has 0 saturated heterocycles. The van der Waals surface area contributed by atoms with Crippen LogP contribution in [0.1, 0.15) is 32.3 Å². The standard InChI is InChI=1S/C15H22ClNO2/c1-15(2,14(18)19)8-5-9-17(3)11-12-6-4-7-13(16)10-12/h4,6-7,10H,5,8-9,11H2,1-3H3,(H,18,19). The summed E-state index contributed by atoms with van der Waals surface area (Å²) >= 11 is 5.94. The third-order valence-electron chi connectivity index (χ3n) is 3.26. The van der Waals surface area contributed by atoms with E-state index in [1.165, 1.54) is 5.56 Å². The fourth-order valence-corrected chi connectivity index (χ4v) is 2.14. The second-order valence-corrected chi connectivity index (χ2v) is 6.10. The molecule has 0 aliphatic heterocycles. The Kier molecular flexibility index (Phi) is 5.83. The summed E-state index contributed by atoms with van der Waals surface area (Å²) in [5.41, 5.74) is 0.532. The summed E-state index contributed by atoms with van der Waals surface area (Å²) in [6, 6.07) is 7.81. The zero-order chi connectivity index (χ0) is 14.5. The van der Waals surface area contributed by atoms with Gasteiger partial charge in [-0.05, 0) is 58.0 Å². The Labute approximate surface area is 120 Å². The molecule has 1 rings (SSSR count). The minimum Gasteiger partial charge on any atom is -0.481 e. The molecule has 0 radical (unpaired) electrons. The lowest BCUT2D eigenvalue weighted by Gasteiger charge is -2.22. The fourth-order valence-electron chi connectivity index (χ4n) is 1.92. The SMILES string of the molecule is CN(CCCC(C)(C)C(=O)O)Cc1cccc(Cl)c1. The molecule has 0 amide bonds. The minimum atomic E-state index is -0.731. The zero-order valence-electron chi connectivity index (χ0n) is 11.8. The zero-order valence-corrected chi connectivity index (χ0v) is 12.6. The lowest BCUT2D eigenvalue weighted by atomic mass is 9.88. The van der Waals surface area contributed by atoms with Gasteiger partial charge in [-0.1, -0.05) is 23.7 Å². The highest BCUT2D eigenvalue weighted by Gasteiger charge is 2.26. The van der Waals surface area contributed by atoms with Crippen molar-refractivity contribution < 1.29 is 9.90 Å². The summed E-state index contributed by atoms with van der Waals surface area (Å²) in [6.45, 7) is 5.25. The van der Waals surface area contributed by atoms with Crippen LogP contribution in [0, 0.1) is 5.41 Å². The predicted octanol–water partition coefficient (Wildman–Crippen LogP) is 3.66. The Bertz CT molecular complexity index is 432. The van der Waals surface area contributed by atoms with Gasteiger partial charge >= 0.3 is 5.97 Å². The van der Waals surface area contributed by atoms with E-state index in [1.807, 2.05) is 31.3 Å². The third-order valence-corrected chi connectivity index (χ3v) is 3.50. The highest BCUT2D eigenvalue weighted by molar-refractivity contribution is 6.30. The number of carbonyl (C=O) groups is 1. The summed E-state index contributed by atoms with van der Waals surface area (Å²) in [4.78, 5) is 13.2. The first kappa shape index (κ1) is 16.0. The highest BCUT2D eigenvalue weighted by atomic mass is 35.5. The average molecular weight is 284 g/mol. The summed E-state index contributed by atoms with van der Waals surface area (Å²) in [7, 11) is 2.04. The van der Waals surface area contributed by atoms with Crippen molar-refractivity contribution in [2.45, 2.75) is 33.2 Å². The van der Waals surface area contributed by atoms with E-state index >= 15 is 0 Å². The Hall–Kier alpha value is -1.06. The van der Waals surface area contributed by atoms with E-state index in [1.54, 1.807) is 13.8 Å². The lowest BCUT2D eigenvalue weighted by molar-refractivity contribution is -0.147. The number of carboxylic acid groups (broad SMARTS) is 1. The number of carboxylic acids is 1. The van der Waals surface area contributed by atoms with E-state index in [0.717, 1.165) is 24.5 Å². The van der Waals surface area contributed by atoms with Crippen LogP contribution in [0.15, 0.2) is 24.3 Å². The molecule has 0 fully saturated rings. The van der Waals surface area contributed by atoms with Crippen LogP contribution in [0.2, 0.25) is 5.02 Å². The molecule has 0 saturated carbocycles. The van der Waals surface area contributed by atoms with Gasteiger partial charge in [-0.2, -0.15) is 0 Å². The van der Waals surface area contributed by atoms with Crippen molar-refractivity contribution in [3.8, 4) is 0 Å². The van der Waals surface area contributed by atoms with Crippen molar-refractivity contribution in [2.75, 3.05) is 13.6 Å². The fraction of sp³-hybridized carbons (Fsp3) is 0.533. The first-order valence-corrected chi connectivity index (χ1v) is 6.85. The molecule has 0 heterocycles. The molecule has 106 valence electrons. The van der Waals surface area contributed by atoms with Crippen molar-refractivity contribution >= 4 is 17.6 Å². The normalized spacial score (nSPS) is 11.8. The monoisotopic (exact) mass is 283 g/mol. The van der Waals surface area contributed by atoms with Crippen molar-refractivity contribution in [3.63, 3.8) is 0 Å². The summed E-state index contributed by atoms with van der Waals surface area (Å²) in [6.07, 6.45) is 1.55. The molecular weight excluding hydrogens is 262 g/mol. The molecule has 0 aromatic heterocycles. The second kappa shape index (κ2) is 6.92. The topological polar surface area (TPSA) is 40.5 Å². The van der Waals surface area contributed by atoms with Gasteiger partial charge in [-0.3, -0.25) is 4.79 Å². The van der Waals surface area contributed by atoms with Crippen LogP contribution >= 0.6 is 11.6 Å². The van der Waals surface area contributed by atoms with E-state index in [-0.39, 0.29) is 0 Å². The smallest absolute Gasteiger partial charge is 0.309 e. The van der Waals surface area contributed by atoms with Gasteiger partial charge in [0.05, 0.1) is 5.41 Å². The van der Waals surface area contributed by atoms with Crippen LogP contribution in [0.4, 0.5) is 0 Å². The van der Waals surface area contributed by atoms with Gasteiger partial charge in [0.1, 0.15) is 0 Å². The van der Waals surface area contributed by atoms with Crippen molar-refractivity contribution in [1.29, 1.82) is 0 Å². The molecule has 1 aromatic carbocycles. The van der Waals surface area contributed by atoms with E-state index < -0.39 is 11.4 Å². The van der Waals surface area contributed by atoms with Crippen LogP contribution in [0.5, 0.6) is 0 Å². The molecule has 1 aromatic rings. The minimum absolute atomic E-state index is 0.642. The first-order chi connectivity index (χ1) is 8.81. The van der Waals surface area contributed by atoms with E-state index in [2.05, 4.69) is 4.90 Å². The quantitative estimate of drug-likeness (QED) is 0.830. The molecule has 3 nitrogen and oxygen atoms in total. The van der Waals surface area contributed by atoms with Gasteiger partial charge in [0.2, 0.25) is 0 Å². The number of nitrogens with zero attached hydrogens (tertiary/aromatic N) is 1. The van der Waals surface area contributed by atoms with Gasteiger partial charge in [-0.25, -0.2) is 0 Å². The Morgan fingerprint density at radius 3 is 2.68 bits per heavy atom. The first-order valence-electron chi connectivity index (χ1n) is 6.47. The molecule has 19 heavy (non-hydrogen) atoms. The van der Waals surface area contributed by atoms with Gasteiger partial charge in [-0.15, -0.1) is 0 Å². The largest absolute Gasteiger partial charge is 0.481 e. The molecule has 0 atom stereocenters. The molecular formula is C15H22ClNO2. The molecule has 0 aliphatic rings. The maximum Gasteiger partial charge on any atom is 0.309 e. The molecule has 0 unspecified atom stereocenters. The third kappa shape index (κ3) is 5.62. The molecule has 0 spiro atoms. The lowest BCUT2D eigenvalue weighted by Crippen LogP contribution is -2.26. The van der Waals surface area contributed by atoms with E-state index in [4.69, 9.17) is 16.7 Å². The van der Waals surface area contributed by atoms with Gasteiger partial charge in [0, 0.05) is 11.6 Å². The van der Waals surface area contributed by atoms with Gasteiger partial charge in [0.25, 0.3) is 0 Å². The number of hydrogen-bond donors (Lipinski definition) is 1. The number of hydrogen-bond acceptors (Lipinski definition) is 2. The van der Waals surface area contributed by atoms with Crippen LogP contribution in [-0.2, 0) is 11.3 Å². The Morgan fingerprint density at radius 2 is 2.11 bits per heavy atom.